The summed E-state index contributed by atoms with van der Waals surface area (Å²) in [6.07, 6.45) is 2.52. The molecular weight excluding hydrogens is 236 g/mol. The summed E-state index contributed by atoms with van der Waals surface area (Å²) in [4.78, 5) is 2.62. The summed E-state index contributed by atoms with van der Waals surface area (Å²) >= 11 is 0. The molecule has 2 rings (SSSR count). The van der Waals surface area contributed by atoms with Crippen LogP contribution in [0.3, 0.4) is 0 Å². The lowest BCUT2D eigenvalue weighted by Gasteiger charge is -2.39. The molecule has 3 nitrogen and oxygen atoms in total. The van der Waals surface area contributed by atoms with E-state index < -0.39 is 0 Å². The van der Waals surface area contributed by atoms with Gasteiger partial charge in [-0.15, -0.1) is 0 Å². The Bertz CT molecular complexity index is 377. The van der Waals surface area contributed by atoms with Crippen LogP contribution in [0.25, 0.3) is 0 Å². The second-order valence-electron chi connectivity index (χ2n) is 5.53. The molecule has 19 heavy (non-hydrogen) atoms. The molecule has 1 aliphatic heterocycles. The fraction of sp³-hybridized carbons (Fsp3) is 0.625. The number of hydrogen-bond donors (Lipinski definition) is 1. The Hall–Kier alpha value is -1.06. The van der Waals surface area contributed by atoms with Gasteiger partial charge in [-0.25, -0.2) is 0 Å². The van der Waals surface area contributed by atoms with Crippen LogP contribution in [0.4, 0.5) is 0 Å². The minimum atomic E-state index is 0.589. The monoisotopic (exact) mass is 262 g/mol. The van der Waals surface area contributed by atoms with Gasteiger partial charge in [-0.05, 0) is 31.0 Å². The van der Waals surface area contributed by atoms with E-state index in [0.717, 1.165) is 25.4 Å². The number of piperazine rings is 1. The van der Waals surface area contributed by atoms with E-state index in [1.807, 2.05) is 0 Å². The van der Waals surface area contributed by atoms with Crippen LogP contribution in [0, 0.1) is 0 Å². The summed E-state index contributed by atoms with van der Waals surface area (Å²) in [5.41, 5.74) is 1.37. The van der Waals surface area contributed by atoms with Crippen molar-refractivity contribution in [3.8, 4) is 5.75 Å². The standard InChI is InChI=1S/C16H26N2O/c1-4-5-15-10-17-13(2)11-18(15)12-14-6-8-16(19-3)9-7-14/h6-9,13,15,17H,4-5,10-12H2,1-3H3. The molecule has 1 aromatic rings. The largest absolute Gasteiger partial charge is 0.497 e. The number of rotatable bonds is 5. The highest BCUT2D eigenvalue weighted by atomic mass is 16.5. The second-order valence-corrected chi connectivity index (χ2v) is 5.53. The van der Waals surface area contributed by atoms with E-state index >= 15 is 0 Å². The summed E-state index contributed by atoms with van der Waals surface area (Å²) in [6.45, 7) is 7.83. The van der Waals surface area contributed by atoms with Gasteiger partial charge in [0.2, 0.25) is 0 Å². The van der Waals surface area contributed by atoms with Crippen LogP contribution in [-0.2, 0) is 6.54 Å². The fourth-order valence-electron chi connectivity index (χ4n) is 2.81. The molecule has 0 amide bonds. The summed E-state index contributed by atoms with van der Waals surface area (Å²) < 4.78 is 5.21. The number of hydrogen-bond acceptors (Lipinski definition) is 3. The van der Waals surface area contributed by atoms with Gasteiger partial charge in [0.15, 0.2) is 0 Å². The smallest absolute Gasteiger partial charge is 0.118 e. The van der Waals surface area contributed by atoms with Gasteiger partial charge >= 0.3 is 0 Å². The second kappa shape index (κ2) is 6.92. The maximum absolute atomic E-state index is 5.21. The van der Waals surface area contributed by atoms with Gasteiger partial charge in [-0.1, -0.05) is 25.5 Å². The van der Waals surface area contributed by atoms with Gasteiger partial charge in [0.05, 0.1) is 7.11 Å². The third-order valence-electron chi connectivity index (χ3n) is 3.89. The minimum absolute atomic E-state index is 0.589. The quantitative estimate of drug-likeness (QED) is 0.883. The Kier molecular flexibility index (Phi) is 5.23. The van der Waals surface area contributed by atoms with Crippen molar-refractivity contribution in [1.29, 1.82) is 0 Å². The molecule has 0 bridgehead atoms. The van der Waals surface area contributed by atoms with Gasteiger partial charge in [0.25, 0.3) is 0 Å². The van der Waals surface area contributed by atoms with Gasteiger partial charge in [0.1, 0.15) is 5.75 Å². The van der Waals surface area contributed by atoms with Crippen LogP contribution < -0.4 is 10.1 Å². The van der Waals surface area contributed by atoms with Gasteiger partial charge < -0.3 is 10.1 Å². The van der Waals surface area contributed by atoms with Crippen LogP contribution in [0.2, 0.25) is 0 Å². The Morgan fingerprint density at radius 1 is 1.32 bits per heavy atom. The van der Waals surface area contributed by atoms with Crippen molar-refractivity contribution in [2.24, 2.45) is 0 Å². The van der Waals surface area contributed by atoms with Crippen LogP contribution in [0.5, 0.6) is 5.75 Å². The van der Waals surface area contributed by atoms with E-state index in [9.17, 15) is 0 Å². The van der Waals surface area contributed by atoms with E-state index in [2.05, 4.69) is 48.3 Å². The first kappa shape index (κ1) is 14.4. The van der Waals surface area contributed by atoms with Crippen LogP contribution >= 0.6 is 0 Å². The Morgan fingerprint density at radius 3 is 2.68 bits per heavy atom. The zero-order valence-electron chi connectivity index (χ0n) is 12.4. The van der Waals surface area contributed by atoms with E-state index in [1.54, 1.807) is 7.11 Å². The van der Waals surface area contributed by atoms with Gasteiger partial charge in [-0.2, -0.15) is 0 Å². The molecule has 1 N–H and O–H groups in total. The first-order valence-electron chi connectivity index (χ1n) is 7.33. The topological polar surface area (TPSA) is 24.5 Å². The van der Waals surface area contributed by atoms with Gasteiger partial charge in [-0.3, -0.25) is 4.90 Å². The number of benzene rings is 1. The molecule has 106 valence electrons. The predicted molar refractivity (Wildman–Crippen MR) is 79.6 cm³/mol. The molecule has 2 atom stereocenters. The van der Waals surface area contributed by atoms with Crippen molar-refractivity contribution < 1.29 is 4.74 Å². The van der Waals surface area contributed by atoms with Crippen LogP contribution in [-0.4, -0.2) is 37.2 Å². The normalized spacial score (nSPS) is 24.4. The van der Waals surface area contributed by atoms with Crippen molar-refractivity contribution in [2.45, 2.75) is 45.3 Å². The minimum Gasteiger partial charge on any atom is -0.497 e. The van der Waals surface area contributed by atoms with E-state index in [0.29, 0.717) is 12.1 Å². The summed E-state index contributed by atoms with van der Waals surface area (Å²) in [5, 5.41) is 3.59. The zero-order chi connectivity index (χ0) is 13.7. The number of nitrogens with one attached hydrogen (secondary N) is 1. The molecular formula is C16H26N2O. The van der Waals surface area contributed by atoms with Crippen LogP contribution in [0.1, 0.15) is 32.3 Å². The summed E-state index contributed by atoms with van der Waals surface area (Å²) in [5.74, 6) is 0.933. The highest BCUT2D eigenvalue weighted by molar-refractivity contribution is 5.27. The molecule has 1 fully saturated rings. The third kappa shape index (κ3) is 3.95. The number of nitrogens with zero attached hydrogens (tertiary/aromatic N) is 1. The lowest BCUT2D eigenvalue weighted by molar-refractivity contribution is 0.120. The first-order chi connectivity index (χ1) is 9.22. The van der Waals surface area contributed by atoms with E-state index in [-0.39, 0.29) is 0 Å². The maximum atomic E-state index is 5.21. The fourth-order valence-corrected chi connectivity index (χ4v) is 2.81. The lowest BCUT2D eigenvalue weighted by Crippen LogP contribution is -2.54. The maximum Gasteiger partial charge on any atom is 0.118 e. The molecule has 0 saturated carbocycles. The number of ether oxygens (including phenoxy) is 1. The van der Waals surface area contributed by atoms with E-state index in [4.69, 9.17) is 4.74 Å². The molecule has 1 heterocycles. The number of methoxy groups -OCH3 is 1. The predicted octanol–water partition coefficient (Wildman–Crippen LogP) is 2.66. The highest BCUT2D eigenvalue weighted by Gasteiger charge is 2.24. The van der Waals surface area contributed by atoms with Crippen molar-refractivity contribution >= 4 is 0 Å². The molecule has 0 radical (unpaired) electrons. The molecule has 1 aromatic carbocycles. The van der Waals surface area contributed by atoms with Crippen LogP contribution in [0.15, 0.2) is 24.3 Å². The van der Waals surface area contributed by atoms with Crippen molar-refractivity contribution in [1.82, 2.24) is 10.2 Å². The average Bonchev–Trinajstić information content (AvgIpc) is 2.43. The molecule has 0 spiro atoms. The molecule has 0 aromatic heterocycles. The lowest BCUT2D eigenvalue weighted by atomic mass is 10.0. The zero-order valence-corrected chi connectivity index (χ0v) is 12.4. The Balaban J connectivity index is 2.00. The highest BCUT2D eigenvalue weighted by Crippen LogP contribution is 2.18. The summed E-state index contributed by atoms with van der Waals surface area (Å²) in [6, 6.07) is 9.71. The van der Waals surface area contributed by atoms with Crippen molar-refractivity contribution in [2.75, 3.05) is 20.2 Å². The van der Waals surface area contributed by atoms with Gasteiger partial charge in [0, 0.05) is 31.7 Å². The van der Waals surface area contributed by atoms with E-state index in [1.165, 1.54) is 18.4 Å². The SMILES string of the molecule is CCCC1CNC(C)CN1Cc1ccc(OC)cc1. The Morgan fingerprint density at radius 2 is 2.05 bits per heavy atom. The summed E-state index contributed by atoms with van der Waals surface area (Å²) in [7, 11) is 1.71. The molecule has 1 aliphatic rings. The molecule has 0 aliphatic carbocycles. The Labute approximate surface area is 116 Å². The third-order valence-corrected chi connectivity index (χ3v) is 3.89. The average molecular weight is 262 g/mol. The van der Waals surface area contributed by atoms with Crippen molar-refractivity contribution in [3.63, 3.8) is 0 Å². The molecule has 1 saturated heterocycles. The van der Waals surface area contributed by atoms with Crippen molar-refractivity contribution in [3.05, 3.63) is 29.8 Å². The molecule has 3 heteroatoms. The first-order valence-corrected chi connectivity index (χ1v) is 7.33. The molecule has 2 unspecified atom stereocenters.